The normalized spacial score (nSPS) is 32.5. The number of allylic oxidation sites excluding steroid dienone is 3. The minimum Gasteiger partial charge on any atom is -0.465 e. The van der Waals surface area contributed by atoms with Gasteiger partial charge in [-0.2, -0.15) is 0 Å². The van der Waals surface area contributed by atoms with Crippen molar-refractivity contribution in [1.82, 2.24) is 0 Å². The highest BCUT2D eigenvalue weighted by molar-refractivity contribution is 5.90. The fourth-order valence-corrected chi connectivity index (χ4v) is 4.04. The van der Waals surface area contributed by atoms with Crippen molar-refractivity contribution in [2.45, 2.75) is 90.4 Å². The lowest BCUT2D eigenvalue weighted by Crippen LogP contribution is -2.30. The number of ketones is 1. The van der Waals surface area contributed by atoms with Crippen molar-refractivity contribution in [2.24, 2.45) is 11.8 Å². The Balaban J connectivity index is 2.00. The molecule has 1 saturated heterocycles. The number of rotatable bonds is 5. The number of carbonyl (C=O) groups excluding carboxylic acids is 3. The van der Waals surface area contributed by atoms with Crippen LogP contribution >= 0.6 is 0 Å². The average Bonchev–Trinajstić information content (AvgIpc) is 2.74. The molecule has 0 aromatic rings. The first-order valence-electron chi connectivity index (χ1n) is 11.7. The molecule has 2 heterocycles. The second kappa shape index (κ2) is 14.3. The summed E-state index contributed by atoms with van der Waals surface area (Å²) in [6.45, 7) is 4.62. The predicted octanol–water partition coefficient (Wildman–Crippen LogP) is 4.71. The third kappa shape index (κ3) is 10.9. The summed E-state index contributed by atoms with van der Waals surface area (Å²) in [5.41, 5.74) is 0.924. The van der Waals surface area contributed by atoms with E-state index < -0.39 is 0 Å². The van der Waals surface area contributed by atoms with Gasteiger partial charge in [0.25, 0.3) is 0 Å². The zero-order valence-electron chi connectivity index (χ0n) is 19.1. The fraction of sp³-hybridized carbons (Fsp3) is 0.720. The number of aldehydes is 1. The molecule has 0 amide bonds. The molecule has 2 unspecified atom stereocenters. The van der Waals surface area contributed by atoms with E-state index in [1.807, 2.05) is 13.0 Å². The lowest BCUT2D eigenvalue weighted by molar-refractivity contribution is -0.194. The highest BCUT2D eigenvalue weighted by Gasteiger charge is 2.21. The van der Waals surface area contributed by atoms with Crippen LogP contribution in [0.2, 0.25) is 0 Å². The highest BCUT2D eigenvalue weighted by Crippen LogP contribution is 2.22. The number of cyclic esters (lactones) is 1. The molecule has 0 N–H and O–H groups in total. The summed E-state index contributed by atoms with van der Waals surface area (Å²) in [7, 11) is 0. The summed E-state index contributed by atoms with van der Waals surface area (Å²) in [5, 5.41) is 0. The first-order valence-corrected chi connectivity index (χ1v) is 11.7. The van der Waals surface area contributed by atoms with Crippen molar-refractivity contribution in [3.63, 3.8) is 0 Å². The molecule has 0 bridgehead atoms. The van der Waals surface area contributed by atoms with Crippen LogP contribution in [-0.4, -0.2) is 43.6 Å². The summed E-state index contributed by atoms with van der Waals surface area (Å²) < 4.78 is 17.3. The van der Waals surface area contributed by atoms with Gasteiger partial charge in [0.1, 0.15) is 6.29 Å². The van der Waals surface area contributed by atoms with Crippen molar-refractivity contribution < 1.29 is 28.6 Å². The van der Waals surface area contributed by atoms with E-state index in [0.29, 0.717) is 32.3 Å². The predicted molar refractivity (Wildman–Crippen MR) is 118 cm³/mol. The molecule has 0 spiro atoms. The van der Waals surface area contributed by atoms with Crippen LogP contribution in [0.5, 0.6) is 0 Å². The van der Waals surface area contributed by atoms with Gasteiger partial charge in [-0.3, -0.25) is 9.59 Å². The molecule has 4 atom stereocenters. The molecule has 0 aliphatic carbocycles. The van der Waals surface area contributed by atoms with Gasteiger partial charge in [-0.25, -0.2) is 0 Å². The fourth-order valence-electron chi connectivity index (χ4n) is 4.04. The molecule has 2 aliphatic rings. The van der Waals surface area contributed by atoms with Crippen LogP contribution in [0.25, 0.3) is 0 Å². The quantitative estimate of drug-likeness (QED) is 0.461. The second-order valence-corrected chi connectivity index (χ2v) is 8.85. The van der Waals surface area contributed by atoms with Crippen molar-refractivity contribution in [3.05, 3.63) is 23.8 Å². The van der Waals surface area contributed by atoms with E-state index in [1.54, 1.807) is 12.2 Å². The molecule has 2 aliphatic heterocycles. The molecule has 0 radical (unpaired) electrons. The van der Waals surface area contributed by atoms with Crippen LogP contribution in [-0.2, 0) is 28.6 Å². The molecule has 0 aromatic heterocycles. The van der Waals surface area contributed by atoms with E-state index in [2.05, 4.69) is 6.92 Å². The van der Waals surface area contributed by atoms with Gasteiger partial charge in [0.15, 0.2) is 12.1 Å². The van der Waals surface area contributed by atoms with Gasteiger partial charge in [0.2, 0.25) is 0 Å². The Bertz CT molecular complexity index is 638. The van der Waals surface area contributed by atoms with Crippen LogP contribution < -0.4 is 0 Å². The SMILES string of the molecule is CC1=C\[C@H](CO[C@H]2CCCC(C)O2)COC(=O)CCCCC(CC=O)CCC(=O)\C=C\1. The largest absolute Gasteiger partial charge is 0.465 e. The highest BCUT2D eigenvalue weighted by atomic mass is 16.7. The third-order valence-electron chi connectivity index (χ3n) is 5.89. The maximum Gasteiger partial charge on any atom is 0.305 e. The Hall–Kier alpha value is -1.79. The van der Waals surface area contributed by atoms with Gasteiger partial charge >= 0.3 is 5.97 Å². The van der Waals surface area contributed by atoms with Crippen molar-refractivity contribution in [3.8, 4) is 0 Å². The molecule has 31 heavy (non-hydrogen) atoms. The number of esters is 1. The minimum atomic E-state index is -0.218. The average molecular weight is 435 g/mol. The van der Waals surface area contributed by atoms with E-state index >= 15 is 0 Å². The zero-order valence-corrected chi connectivity index (χ0v) is 19.1. The Kier molecular flexibility index (Phi) is 11.8. The number of hydrogen-bond acceptors (Lipinski definition) is 6. The van der Waals surface area contributed by atoms with E-state index in [4.69, 9.17) is 14.2 Å². The Morgan fingerprint density at radius 1 is 1.06 bits per heavy atom. The standard InChI is InChI=1S/C25H38O6/c1-19-10-12-23(27)13-11-21(14-15-26)7-3-4-8-24(28)29-17-22(16-19)18-30-25-9-5-6-20(2)31-25/h10,12,15-16,20-22,25H,3-9,11,13-14,17-18H2,1-2H3/b12-10+,19-16+/t20?,21?,22-,25+/m0/s1. The maximum atomic E-state index is 12.2. The van der Waals surface area contributed by atoms with Crippen LogP contribution in [0, 0.1) is 11.8 Å². The first-order chi connectivity index (χ1) is 15.0. The molecule has 0 aromatic carbocycles. The smallest absolute Gasteiger partial charge is 0.305 e. The van der Waals surface area contributed by atoms with Gasteiger partial charge in [-0.1, -0.05) is 30.6 Å². The van der Waals surface area contributed by atoms with Gasteiger partial charge < -0.3 is 19.0 Å². The van der Waals surface area contributed by atoms with E-state index in [-0.39, 0.29) is 42.6 Å². The lowest BCUT2D eigenvalue weighted by Gasteiger charge is -2.28. The summed E-state index contributed by atoms with van der Waals surface area (Å²) >= 11 is 0. The zero-order chi connectivity index (χ0) is 22.5. The Morgan fingerprint density at radius 3 is 2.68 bits per heavy atom. The van der Waals surface area contributed by atoms with E-state index in [0.717, 1.165) is 50.4 Å². The van der Waals surface area contributed by atoms with Crippen LogP contribution in [0.3, 0.4) is 0 Å². The van der Waals surface area contributed by atoms with Gasteiger partial charge in [0.05, 0.1) is 19.3 Å². The minimum absolute atomic E-state index is 0.0690. The molecular formula is C25H38O6. The summed E-state index contributed by atoms with van der Waals surface area (Å²) in [6.07, 6.45) is 13.7. The van der Waals surface area contributed by atoms with Crippen LogP contribution in [0.4, 0.5) is 0 Å². The van der Waals surface area contributed by atoms with Crippen LogP contribution in [0.15, 0.2) is 23.8 Å². The summed E-state index contributed by atoms with van der Waals surface area (Å²) in [5.74, 6) is -0.0426. The van der Waals surface area contributed by atoms with Crippen LogP contribution in [0.1, 0.15) is 78.1 Å². The summed E-state index contributed by atoms with van der Waals surface area (Å²) in [4.78, 5) is 35.3. The topological polar surface area (TPSA) is 78.9 Å². The van der Waals surface area contributed by atoms with E-state index in [1.165, 1.54) is 0 Å². The number of ether oxygens (including phenoxy) is 3. The number of hydrogen-bond donors (Lipinski definition) is 0. The van der Waals surface area contributed by atoms with Crippen molar-refractivity contribution in [1.29, 1.82) is 0 Å². The molecular weight excluding hydrogens is 396 g/mol. The molecule has 6 nitrogen and oxygen atoms in total. The van der Waals surface area contributed by atoms with E-state index in [9.17, 15) is 14.4 Å². The monoisotopic (exact) mass is 434 g/mol. The van der Waals surface area contributed by atoms with Gasteiger partial charge in [0, 0.05) is 25.2 Å². The third-order valence-corrected chi connectivity index (χ3v) is 5.89. The number of carbonyl (C=O) groups is 3. The summed E-state index contributed by atoms with van der Waals surface area (Å²) in [6, 6.07) is 0. The Labute approximate surface area is 186 Å². The molecule has 6 heteroatoms. The molecule has 174 valence electrons. The molecule has 0 saturated carbocycles. The molecule has 2 rings (SSSR count). The van der Waals surface area contributed by atoms with Gasteiger partial charge in [-0.05, 0) is 57.9 Å². The Morgan fingerprint density at radius 2 is 1.90 bits per heavy atom. The second-order valence-electron chi connectivity index (χ2n) is 8.85. The van der Waals surface area contributed by atoms with Crippen molar-refractivity contribution >= 4 is 18.0 Å². The van der Waals surface area contributed by atoms with Gasteiger partial charge in [-0.15, -0.1) is 0 Å². The molecule has 1 fully saturated rings. The van der Waals surface area contributed by atoms with Crippen molar-refractivity contribution in [2.75, 3.05) is 13.2 Å². The maximum absolute atomic E-state index is 12.2. The first kappa shape index (κ1) is 25.5. The lowest BCUT2D eigenvalue weighted by atomic mass is 9.92.